The van der Waals surface area contributed by atoms with Gasteiger partial charge in [-0.25, -0.2) is 0 Å². The molecule has 0 saturated carbocycles. The van der Waals surface area contributed by atoms with E-state index in [0.717, 1.165) is 12.8 Å². The summed E-state index contributed by atoms with van der Waals surface area (Å²) >= 11 is 0. The van der Waals surface area contributed by atoms with Gasteiger partial charge in [-0.05, 0) is 19.8 Å². The summed E-state index contributed by atoms with van der Waals surface area (Å²) in [5.41, 5.74) is 0. The fourth-order valence-electron chi connectivity index (χ4n) is 2.24. The molecule has 0 aromatic heterocycles. The molecular weight excluding hydrogens is 264 g/mol. The van der Waals surface area contributed by atoms with Crippen LogP contribution in [-0.2, 0) is 14.3 Å². The van der Waals surface area contributed by atoms with Gasteiger partial charge in [-0.15, -0.1) is 0 Å². The molecule has 0 heterocycles. The van der Waals surface area contributed by atoms with Gasteiger partial charge in [0.1, 0.15) is 5.78 Å². The topological polar surface area (TPSA) is 35.5 Å². The molecule has 21 heavy (non-hydrogen) atoms. The minimum atomic E-state index is -0.333. The second-order valence-corrected chi connectivity index (χ2v) is 5.91. The number of ether oxygens (including phenoxy) is 2. The number of Topliss-reactive ketones (excluding diaryl/α,β-unsaturated/α-hetero) is 1. The Hall–Kier alpha value is -0.410. The molecule has 0 N–H and O–H groups in total. The maximum absolute atomic E-state index is 11.2. The first-order valence-corrected chi connectivity index (χ1v) is 8.93. The largest absolute Gasteiger partial charge is 0.352 e. The van der Waals surface area contributed by atoms with Crippen LogP contribution >= 0.6 is 0 Å². The van der Waals surface area contributed by atoms with E-state index in [2.05, 4.69) is 13.8 Å². The zero-order valence-corrected chi connectivity index (χ0v) is 14.5. The van der Waals surface area contributed by atoms with Gasteiger partial charge in [0, 0.05) is 13.2 Å². The molecule has 3 heteroatoms. The molecule has 0 rings (SSSR count). The highest BCUT2D eigenvalue weighted by atomic mass is 16.7. The lowest BCUT2D eigenvalue weighted by Crippen LogP contribution is -2.21. The van der Waals surface area contributed by atoms with E-state index in [4.69, 9.17) is 9.47 Å². The van der Waals surface area contributed by atoms with Crippen molar-refractivity contribution in [3.05, 3.63) is 0 Å². The third kappa shape index (κ3) is 15.8. The molecule has 0 spiro atoms. The summed E-state index contributed by atoms with van der Waals surface area (Å²) < 4.78 is 11.4. The average Bonchev–Trinajstić information content (AvgIpc) is 2.45. The molecule has 0 fully saturated rings. The molecule has 0 aromatic rings. The summed E-state index contributed by atoms with van der Waals surface area (Å²) in [6.45, 7) is 7.44. The van der Waals surface area contributed by atoms with Crippen molar-refractivity contribution in [2.45, 2.75) is 97.7 Å². The molecule has 0 saturated heterocycles. The molecule has 0 unspecified atom stereocenters. The van der Waals surface area contributed by atoms with Crippen LogP contribution in [0.15, 0.2) is 0 Å². The van der Waals surface area contributed by atoms with Crippen LogP contribution in [0.25, 0.3) is 0 Å². The molecule has 0 aromatic carbocycles. The van der Waals surface area contributed by atoms with Crippen molar-refractivity contribution >= 4 is 5.78 Å². The summed E-state index contributed by atoms with van der Waals surface area (Å²) in [4.78, 5) is 11.2. The Morgan fingerprint density at radius 2 is 1.19 bits per heavy atom. The standard InChI is InChI=1S/C18H36O3/c1-4-6-8-10-12-14-20-18(16-17(3)19)21-15-13-11-9-7-5-2/h18H,4-16H2,1-3H3. The van der Waals surface area contributed by atoms with Gasteiger partial charge in [-0.2, -0.15) is 0 Å². The SMILES string of the molecule is CCCCCCCOC(CC(C)=O)OCCCCCCC. The summed E-state index contributed by atoms with van der Waals surface area (Å²) in [7, 11) is 0. The van der Waals surface area contributed by atoms with Crippen molar-refractivity contribution in [3.8, 4) is 0 Å². The minimum Gasteiger partial charge on any atom is -0.352 e. The van der Waals surface area contributed by atoms with Crippen LogP contribution in [-0.4, -0.2) is 25.3 Å². The Morgan fingerprint density at radius 3 is 1.57 bits per heavy atom. The first kappa shape index (κ1) is 20.6. The van der Waals surface area contributed by atoms with Gasteiger partial charge in [-0.1, -0.05) is 65.2 Å². The Morgan fingerprint density at radius 1 is 0.762 bits per heavy atom. The van der Waals surface area contributed by atoms with Crippen LogP contribution in [0, 0.1) is 0 Å². The highest BCUT2D eigenvalue weighted by Gasteiger charge is 2.11. The average molecular weight is 300 g/mol. The lowest BCUT2D eigenvalue weighted by molar-refractivity contribution is -0.155. The predicted octanol–water partition coefficient (Wildman–Crippen LogP) is 5.27. The second kappa shape index (κ2) is 16.0. The van der Waals surface area contributed by atoms with Gasteiger partial charge >= 0.3 is 0 Å². The monoisotopic (exact) mass is 300 g/mol. The molecule has 0 aliphatic carbocycles. The number of hydrogen-bond donors (Lipinski definition) is 0. The third-order valence-corrected chi connectivity index (χ3v) is 3.56. The van der Waals surface area contributed by atoms with Crippen molar-refractivity contribution in [1.29, 1.82) is 0 Å². The number of rotatable bonds is 16. The molecular formula is C18H36O3. The molecule has 0 bridgehead atoms. The molecule has 0 aliphatic rings. The Balaban J connectivity index is 3.64. The van der Waals surface area contributed by atoms with Crippen LogP contribution in [0.3, 0.4) is 0 Å². The lowest BCUT2D eigenvalue weighted by atomic mass is 10.2. The first-order chi connectivity index (χ1) is 10.2. The lowest BCUT2D eigenvalue weighted by Gasteiger charge is -2.17. The minimum absolute atomic E-state index is 0.136. The van der Waals surface area contributed by atoms with Crippen molar-refractivity contribution in [3.63, 3.8) is 0 Å². The van der Waals surface area contributed by atoms with Crippen LogP contribution in [0.5, 0.6) is 0 Å². The zero-order valence-electron chi connectivity index (χ0n) is 14.5. The Kier molecular flexibility index (Phi) is 15.7. The van der Waals surface area contributed by atoms with Crippen LogP contribution in [0.1, 0.15) is 91.4 Å². The predicted molar refractivity (Wildman–Crippen MR) is 88.5 cm³/mol. The van der Waals surface area contributed by atoms with Crippen LogP contribution < -0.4 is 0 Å². The second-order valence-electron chi connectivity index (χ2n) is 5.91. The molecule has 0 atom stereocenters. The smallest absolute Gasteiger partial charge is 0.164 e. The summed E-state index contributed by atoms with van der Waals surface area (Å²) in [6.07, 6.45) is 12.2. The third-order valence-electron chi connectivity index (χ3n) is 3.56. The highest BCUT2D eigenvalue weighted by molar-refractivity contribution is 5.75. The van der Waals surface area contributed by atoms with Crippen molar-refractivity contribution < 1.29 is 14.3 Å². The number of hydrogen-bond acceptors (Lipinski definition) is 3. The van der Waals surface area contributed by atoms with Gasteiger partial charge in [0.15, 0.2) is 6.29 Å². The molecule has 0 radical (unpaired) electrons. The van der Waals surface area contributed by atoms with E-state index in [1.807, 2.05) is 0 Å². The van der Waals surface area contributed by atoms with Crippen LogP contribution in [0.2, 0.25) is 0 Å². The van der Waals surface area contributed by atoms with Crippen molar-refractivity contribution in [1.82, 2.24) is 0 Å². The van der Waals surface area contributed by atoms with E-state index in [1.165, 1.54) is 51.4 Å². The zero-order chi connectivity index (χ0) is 15.8. The van der Waals surface area contributed by atoms with E-state index >= 15 is 0 Å². The van der Waals surface area contributed by atoms with E-state index in [0.29, 0.717) is 19.6 Å². The fraction of sp³-hybridized carbons (Fsp3) is 0.944. The van der Waals surface area contributed by atoms with Gasteiger partial charge in [-0.3, -0.25) is 4.79 Å². The quantitative estimate of drug-likeness (QED) is 0.288. The van der Waals surface area contributed by atoms with Gasteiger partial charge in [0.25, 0.3) is 0 Å². The van der Waals surface area contributed by atoms with Crippen LogP contribution in [0.4, 0.5) is 0 Å². The number of ketones is 1. The van der Waals surface area contributed by atoms with Gasteiger partial charge in [0.05, 0.1) is 6.42 Å². The number of carbonyl (C=O) groups is 1. The first-order valence-electron chi connectivity index (χ1n) is 8.93. The highest BCUT2D eigenvalue weighted by Crippen LogP contribution is 2.09. The maximum Gasteiger partial charge on any atom is 0.164 e. The molecule has 126 valence electrons. The van der Waals surface area contributed by atoms with Gasteiger partial charge in [0.2, 0.25) is 0 Å². The van der Waals surface area contributed by atoms with E-state index in [1.54, 1.807) is 6.92 Å². The fourth-order valence-corrected chi connectivity index (χ4v) is 2.24. The molecule has 0 amide bonds. The van der Waals surface area contributed by atoms with E-state index in [9.17, 15) is 4.79 Å². The summed E-state index contributed by atoms with van der Waals surface area (Å²) in [6, 6.07) is 0. The number of unbranched alkanes of at least 4 members (excludes halogenated alkanes) is 8. The van der Waals surface area contributed by atoms with Crippen molar-refractivity contribution in [2.24, 2.45) is 0 Å². The molecule has 0 aliphatic heterocycles. The van der Waals surface area contributed by atoms with E-state index < -0.39 is 0 Å². The Labute approximate surface area is 131 Å². The van der Waals surface area contributed by atoms with E-state index in [-0.39, 0.29) is 12.1 Å². The number of carbonyl (C=O) groups excluding carboxylic acids is 1. The Bertz CT molecular complexity index is 213. The molecule has 3 nitrogen and oxygen atoms in total. The maximum atomic E-state index is 11.2. The normalized spacial score (nSPS) is 11.2. The van der Waals surface area contributed by atoms with Crippen molar-refractivity contribution in [2.75, 3.05) is 13.2 Å². The van der Waals surface area contributed by atoms with Gasteiger partial charge < -0.3 is 9.47 Å². The summed E-state index contributed by atoms with van der Waals surface area (Å²) in [5, 5.41) is 0. The summed E-state index contributed by atoms with van der Waals surface area (Å²) in [5.74, 6) is 0.136.